The second-order valence-electron chi connectivity index (χ2n) is 16.0. The maximum Gasteiger partial charge on any atom is 0.180 e. The molecule has 0 radical (unpaired) electrons. The molecular formula is C50H98O7. The summed E-state index contributed by atoms with van der Waals surface area (Å²) < 4.78 is 43.9. The van der Waals surface area contributed by atoms with Gasteiger partial charge < -0.3 is 33.2 Å². The maximum absolute atomic E-state index is 6.55. The van der Waals surface area contributed by atoms with Gasteiger partial charge in [0.05, 0.1) is 13.2 Å². The monoisotopic (exact) mass is 811 g/mol. The highest BCUT2D eigenvalue weighted by Gasteiger charge is 2.15. The summed E-state index contributed by atoms with van der Waals surface area (Å²) in [5.74, 6) is 0. The van der Waals surface area contributed by atoms with Crippen molar-refractivity contribution in [2.45, 2.75) is 259 Å². The third-order valence-electron chi connectivity index (χ3n) is 10.2. The van der Waals surface area contributed by atoms with Gasteiger partial charge in [0.25, 0.3) is 0 Å². The molecule has 0 saturated heterocycles. The lowest BCUT2D eigenvalue weighted by Crippen LogP contribution is -2.25. The van der Waals surface area contributed by atoms with Crippen molar-refractivity contribution in [3.8, 4) is 0 Å². The minimum absolute atomic E-state index is 0.0873. The number of hydrogen-bond acceptors (Lipinski definition) is 7. The second-order valence-corrected chi connectivity index (χ2v) is 16.0. The summed E-state index contributed by atoms with van der Waals surface area (Å²) in [5, 5.41) is 0. The van der Waals surface area contributed by atoms with E-state index in [2.05, 4.69) is 65.8 Å². The molecule has 7 nitrogen and oxygen atoms in total. The number of rotatable bonds is 48. The smallest absolute Gasteiger partial charge is 0.180 e. The molecule has 0 aromatic rings. The molecule has 7 heteroatoms. The van der Waals surface area contributed by atoms with E-state index in [0.29, 0.717) is 13.2 Å². The molecule has 0 saturated carbocycles. The van der Waals surface area contributed by atoms with E-state index in [9.17, 15) is 0 Å². The number of hydrogen-bond donors (Lipinski definition) is 0. The highest BCUT2D eigenvalue weighted by Crippen LogP contribution is 2.16. The fraction of sp³-hybridized carbons (Fsp3) is 0.920. The van der Waals surface area contributed by atoms with Crippen LogP contribution in [0.15, 0.2) is 24.3 Å². The molecule has 2 atom stereocenters. The standard InChI is InChI=1S/C50H98O7/c1-7-13-19-25-35-45-55-49(39-29-23-21-27-37-47(51-41-31-15-9-3)52-42-32-16-10-4)57-50(56-46-36-26-20-14-8-2)40-30-24-22-28-38-48(53-43-33-17-11-5)54-44-34-18-12-6/h29-30,39-40,47-50H,7-28,31-38,41-46H2,1-6H3. The molecule has 0 aromatic carbocycles. The van der Waals surface area contributed by atoms with Gasteiger partial charge in [0.15, 0.2) is 25.2 Å². The van der Waals surface area contributed by atoms with Gasteiger partial charge >= 0.3 is 0 Å². The average molecular weight is 811 g/mol. The zero-order valence-electron chi connectivity index (χ0n) is 38.9. The van der Waals surface area contributed by atoms with Gasteiger partial charge in [-0.1, -0.05) is 156 Å². The van der Waals surface area contributed by atoms with Crippen LogP contribution in [0.3, 0.4) is 0 Å². The lowest BCUT2D eigenvalue weighted by Gasteiger charge is -2.22. The molecule has 2 unspecified atom stereocenters. The summed E-state index contributed by atoms with van der Waals surface area (Å²) in [6.45, 7) is 18.0. The molecule has 0 N–H and O–H groups in total. The van der Waals surface area contributed by atoms with Crippen LogP contribution in [0.5, 0.6) is 0 Å². The van der Waals surface area contributed by atoms with E-state index >= 15 is 0 Å². The first-order valence-corrected chi connectivity index (χ1v) is 24.8. The Morgan fingerprint density at radius 3 is 0.912 bits per heavy atom. The highest BCUT2D eigenvalue weighted by molar-refractivity contribution is 4.90. The van der Waals surface area contributed by atoms with E-state index in [1.54, 1.807) is 0 Å². The van der Waals surface area contributed by atoms with Crippen molar-refractivity contribution in [3.05, 3.63) is 24.3 Å². The fourth-order valence-electron chi connectivity index (χ4n) is 6.48. The first kappa shape index (κ1) is 56.2. The van der Waals surface area contributed by atoms with Crippen LogP contribution in [-0.2, 0) is 33.2 Å². The summed E-state index contributed by atoms with van der Waals surface area (Å²) >= 11 is 0. The minimum atomic E-state index is -0.432. The van der Waals surface area contributed by atoms with Crippen molar-refractivity contribution >= 4 is 0 Å². The Kier molecular flexibility index (Phi) is 47.2. The molecule has 0 rings (SSSR count). The largest absolute Gasteiger partial charge is 0.353 e. The predicted octanol–water partition coefficient (Wildman–Crippen LogP) is 15.3. The highest BCUT2D eigenvalue weighted by atomic mass is 16.8. The topological polar surface area (TPSA) is 64.6 Å². The lowest BCUT2D eigenvalue weighted by molar-refractivity contribution is -0.208. The molecule has 0 heterocycles. The summed E-state index contributed by atoms with van der Waals surface area (Å²) in [5.41, 5.74) is 0. The maximum atomic E-state index is 6.55. The number of unbranched alkanes of at least 4 members (excludes halogenated alkanes) is 20. The Bertz CT molecular complexity index is 718. The Balaban J connectivity index is 5.30. The molecule has 0 spiro atoms. The van der Waals surface area contributed by atoms with Crippen molar-refractivity contribution in [3.63, 3.8) is 0 Å². The first-order chi connectivity index (χ1) is 28.1. The van der Waals surface area contributed by atoms with E-state index in [1.807, 2.05) is 0 Å². The van der Waals surface area contributed by atoms with Gasteiger partial charge in [-0.15, -0.1) is 0 Å². The molecule has 0 aromatic heterocycles. The van der Waals surface area contributed by atoms with Crippen molar-refractivity contribution < 1.29 is 33.2 Å². The normalized spacial score (nSPS) is 13.3. The number of ether oxygens (including phenoxy) is 7. The van der Waals surface area contributed by atoms with E-state index in [1.165, 1.54) is 103 Å². The fourth-order valence-corrected chi connectivity index (χ4v) is 6.48. The number of allylic oxidation sites excluding steroid dienone is 2. The van der Waals surface area contributed by atoms with E-state index in [4.69, 9.17) is 33.2 Å². The minimum Gasteiger partial charge on any atom is -0.353 e. The molecule has 340 valence electrons. The SMILES string of the molecule is CCCCCCCOC(C=CCCCCC(OCCCCC)OCCCCC)OC(C=CCCCCC(OCCCCC)OCCCCC)OCCCCCCC. The molecule has 57 heavy (non-hydrogen) atoms. The van der Waals surface area contributed by atoms with E-state index in [-0.39, 0.29) is 12.6 Å². The molecule has 0 aliphatic rings. The molecule has 0 aliphatic heterocycles. The van der Waals surface area contributed by atoms with Gasteiger partial charge in [-0.05, 0) is 102 Å². The predicted molar refractivity (Wildman–Crippen MR) is 243 cm³/mol. The summed E-state index contributed by atoms with van der Waals surface area (Å²) in [4.78, 5) is 0. The van der Waals surface area contributed by atoms with Crippen LogP contribution in [0.4, 0.5) is 0 Å². The van der Waals surface area contributed by atoms with Crippen LogP contribution < -0.4 is 0 Å². The molecular weight excluding hydrogens is 713 g/mol. The first-order valence-electron chi connectivity index (χ1n) is 24.8. The summed E-state index contributed by atoms with van der Waals surface area (Å²) in [6, 6.07) is 0. The van der Waals surface area contributed by atoms with Crippen molar-refractivity contribution in [1.29, 1.82) is 0 Å². The summed E-state index contributed by atoms with van der Waals surface area (Å²) in [6.07, 6.45) is 42.0. The second kappa shape index (κ2) is 47.9. The Labute approximate surface area is 355 Å². The zero-order valence-corrected chi connectivity index (χ0v) is 38.9. The van der Waals surface area contributed by atoms with Crippen LogP contribution in [0.2, 0.25) is 0 Å². The van der Waals surface area contributed by atoms with Crippen molar-refractivity contribution in [2.24, 2.45) is 0 Å². The van der Waals surface area contributed by atoms with Crippen LogP contribution in [-0.4, -0.2) is 64.8 Å². The Morgan fingerprint density at radius 2 is 0.579 bits per heavy atom. The Morgan fingerprint density at radius 1 is 0.298 bits per heavy atom. The summed E-state index contributed by atoms with van der Waals surface area (Å²) in [7, 11) is 0. The van der Waals surface area contributed by atoms with Crippen molar-refractivity contribution in [1.82, 2.24) is 0 Å². The zero-order chi connectivity index (χ0) is 41.5. The van der Waals surface area contributed by atoms with E-state index < -0.39 is 12.6 Å². The quantitative estimate of drug-likeness (QED) is 0.0344. The van der Waals surface area contributed by atoms with Crippen LogP contribution in [0, 0.1) is 0 Å². The third kappa shape index (κ3) is 41.7. The van der Waals surface area contributed by atoms with Crippen LogP contribution in [0.25, 0.3) is 0 Å². The lowest BCUT2D eigenvalue weighted by atomic mass is 10.1. The molecule has 0 aliphatic carbocycles. The van der Waals surface area contributed by atoms with Gasteiger partial charge in [0, 0.05) is 26.4 Å². The van der Waals surface area contributed by atoms with Gasteiger partial charge in [-0.3, -0.25) is 0 Å². The van der Waals surface area contributed by atoms with Gasteiger partial charge in [-0.2, -0.15) is 0 Å². The Hall–Kier alpha value is -0.800. The van der Waals surface area contributed by atoms with Crippen molar-refractivity contribution in [2.75, 3.05) is 39.6 Å². The van der Waals surface area contributed by atoms with Gasteiger partial charge in [0.2, 0.25) is 0 Å². The van der Waals surface area contributed by atoms with Gasteiger partial charge in [0.1, 0.15) is 0 Å². The van der Waals surface area contributed by atoms with Crippen LogP contribution in [0.1, 0.15) is 234 Å². The molecule has 0 amide bonds. The third-order valence-corrected chi connectivity index (χ3v) is 10.2. The average Bonchev–Trinajstić information content (AvgIpc) is 3.22. The molecule has 0 bridgehead atoms. The van der Waals surface area contributed by atoms with Gasteiger partial charge in [-0.25, -0.2) is 0 Å². The van der Waals surface area contributed by atoms with E-state index in [0.717, 1.165) is 116 Å². The van der Waals surface area contributed by atoms with Crippen LogP contribution >= 0.6 is 0 Å². The molecule has 0 fully saturated rings.